The lowest BCUT2D eigenvalue weighted by Gasteiger charge is -2.12. The van der Waals surface area contributed by atoms with Gasteiger partial charge in [0.05, 0.1) is 6.04 Å². The van der Waals surface area contributed by atoms with Gasteiger partial charge < -0.3 is 10.6 Å². The van der Waals surface area contributed by atoms with Gasteiger partial charge in [-0.2, -0.15) is 0 Å². The Balaban J connectivity index is 2.54. The van der Waals surface area contributed by atoms with Gasteiger partial charge in [-0.1, -0.05) is 12.1 Å². The molecule has 1 unspecified atom stereocenters. The standard InChI is InChI=1S/C12H16F2N2O/c1-8(11(13)14)16-7-9-3-5-10(6-4-9)12(17)15-2/h3-6,8,11,16H,7H2,1-2H3,(H,15,17). The Hall–Kier alpha value is -1.49. The van der Waals surface area contributed by atoms with E-state index in [-0.39, 0.29) is 5.91 Å². The van der Waals surface area contributed by atoms with Gasteiger partial charge in [0.1, 0.15) is 0 Å². The molecule has 1 amide bonds. The fraction of sp³-hybridized carbons (Fsp3) is 0.417. The van der Waals surface area contributed by atoms with Crippen LogP contribution in [0.1, 0.15) is 22.8 Å². The molecule has 94 valence electrons. The molecule has 1 rings (SSSR count). The van der Waals surface area contributed by atoms with Crippen LogP contribution in [0.15, 0.2) is 24.3 Å². The molecule has 5 heteroatoms. The number of hydrogen-bond donors (Lipinski definition) is 2. The Labute approximate surface area is 99.2 Å². The Morgan fingerprint density at radius 2 is 1.88 bits per heavy atom. The minimum atomic E-state index is -2.37. The molecule has 1 aromatic carbocycles. The first-order valence-corrected chi connectivity index (χ1v) is 5.37. The van der Waals surface area contributed by atoms with E-state index in [4.69, 9.17) is 0 Å². The molecule has 0 aliphatic rings. The molecule has 1 atom stereocenters. The van der Waals surface area contributed by atoms with Crippen molar-refractivity contribution in [3.05, 3.63) is 35.4 Å². The molecule has 0 aromatic heterocycles. The number of amides is 1. The van der Waals surface area contributed by atoms with E-state index >= 15 is 0 Å². The van der Waals surface area contributed by atoms with Crippen LogP contribution in [0.5, 0.6) is 0 Å². The molecule has 0 bridgehead atoms. The third-order valence-electron chi connectivity index (χ3n) is 2.45. The average molecular weight is 242 g/mol. The molecule has 0 aliphatic carbocycles. The van der Waals surface area contributed by atoms with Crippen LogP contribution in [0.4, 0.5) is 8.78 Å². The number of carbonyl (C=O) groups excluding carboxylic acids is 1. The number of alkyl halides is 2. The Bertz CT molecular complexity index is 365. The van der Waals surface area contributed by atoms with E-state index < -0.39 is 12.5 Å². The van der Waals surface area contributed by atoms with Gasteiger partial charge in [-0.15, -0.1) is 0 Å². The Kier molecular flexibility index (Phi) is 5.03. The summed E-state index contributed by atoms with van der Waals surface area (Å²) in [7, 11) is 1.56. The number of rotatable bonds is 5. The molecule has 17 heavy (non-hydrogen) atoms. The number of carbonyl (C=O) groups is 1. The van der Waals surface area contributed by atoms with Crippen LogP contribution in [-0.2, 0) is 6.54 Å². The normalized spacial score (nSPS) is 12.5. The average Bonchev–Trinajstić information content (AvgIpc) is 2.35. The van der Waals surface area contributed by atoms with Crippen LogP contribution in [-0.4, -0.2) is 25.4 Å². The highest BCUT2D eigenvalue weighted by molar-refractivity contribution is 5.93. The summed E-state index contributed by atoms with van der Waals surface area (Å²) in [4.78, 5) is 11.3. The van der Waals surface area contributed by atoms with Gasteiger partial charge in [0, 0.05) is 19.2 Å². The molecule has 3 nitrogen and oxygen atoms in total. The van der Waals surface area contributed by atoms with Gasteiger partial charge in [-0.05, 0) is 24.6 Å². The molecule has 1 aromatic rings. The van der Waals surface area contributed by atoms with Crippen molar-refractivity contribution >= 4 is 5.91 Å². The zero-order chi connectivity index (χ0) is 12.8. The van der Waals surface area contributed by atoms with Crippen LogP contribution < -0.4 is 10.6 Å². The van der Waals surface area contributed by atoms with Gasteiger partial charge in [0.15, 0.2) is 0 Å². The van der Waals surface area contributed by atoms with E-state index in [0.29, 0.717) is 12.1 Å². The predicted molar refractivity (Wildman–Crippen MR) is 62.1 cm³/mol. The highest BCUT2D eigenvalue weighted by atomic mass is 19.3. The highest BCUT2D eigenvalue weighted by Crippen LogP contribution is 2.06. The largest absolute Gasteiger partial charge is 0.355 e. The lowest BCUT2D eigenvalue weighted by molar-refractivity contribution is 0.0963. The number of benzene rings is 1. The lowest BCUT2D eigenvalue weighted by atomic mass is 10.1. The van der Waals surface area contributed by atoms with Gasteiger partial charge in [-0.25, -0.2) is 8.78 Å². The summed E-state index contributed by atoms with van der Waals surface area (Å²) in [5.41, 5.74) is 1.42. The van der Waals surface area contributed by atoms with Crippen LogP contribution in [0.3, 0.4) is 0 Å². The van der Waals surface area contributed by atoms with Crippen molar-refractivity contribution in [2.24, 2.45) is 0 Å². The zero-order valence-corrected chi connectivity index (χ0v) is 9.84. The first-order valence-electron chi connectivity index (χ1n) is 5.37. The third-order valence-corrected chi connectivity index (χ3v) is 2.45. The SMILES string of the molecule is CNC(=O)c1ccc(CNC(C)C(F)F)cc1. The maximum atomic E-state index is 12.2. The van der Waals surface area contributed by atoms with E-state index in [1.807, 2.05) is 0 Å². The molecule has 0 heterocycles. The van der Waals surface area contributed by atoms with E-state index in [9.17, 15) is 13.6 Å². The molecule has 0 spiro atoms. The molecule has 0 aliphatic heterocycles. The van der Waals surface area contributed by atoms with Crippen molar-refractivity contribution in [3.63, 3.8) is 0 Å². The number of halogens is 2. The van der Waals surface area contributed by atoms with Gasteiger partial charge >= 0.3 is 0 Å². The summed E-state index contributed by atoms with van der Waals surface area (Å²) >= 11 is 0. The molecular weight excluding hydrogens is 226 g/mol. The van der Waals surface area contributed by atoms with Crippen molar-refractivity contribution in [1.82, 2.24) is 10.6 Å². The smallest absolute Gasteiger partial charge is 0.253 e. The summed E-state index contributed by atoms with van der Waals surface area (Å²) in [6.45, 7) is 1.79. The van der Waals surface area contributed by atoms with Gasteiger partial charge in [-0.3, -0.25) is 4.79 Å². The quantitative estimate of drug-likeness (QED) is 0.826. The van der Waals surface area contributed by atoms with Crippen LogP contribution in [0.2, 0.25) is 0 Å². The van der Waals surface area contributed by atoms with Crippen molar-refractivity contribution in [2.45, 2.75) is 25.9 Å². The van der Waals surface area contributed by atoms with Crippen LogP contribution in [0.25, 0.3) is 0 Å². The summed E-state index contributed by atoms with van der Waals surface area (Å²) in [5, 5.41) is 5.22. The number of nitrogens with one attached hydrogen (secondary N) is 2. The molecule has 0 saturated carbocycles. The molecule has 2 N–H and O–H groups in total. The molecule has 0 saturated heterocycles. The minimum Gasteiger partial charge on any atom is -0.355 e. The van der Waals surface area contributed by atoms with Crippen LogP contribution in [0, 0.1) is 0 Å². The second-order valence-corrected chi connectivity index (χ2v) is 3.78. The first-order chi connectivity index (χ1) is 8.04. The first kappa shape index (κ1) is 13.6. The van der Waals surface area contributed by atoms with Gasteiger partial charge in [0.25, 0.3) is 12.3 Å². The molecule has 0 radical (unpaired) electrons. The second-order valence-electron chi connectivity index (χ2n) is 3.78. The number of hydrogen-bond acceptors (Lipinski definition) is 2. The second kappa shape index (κ2) is 6.30. The highest BCUT2D eigenvalue weighted by Gasteiger charge is 2.13. The topological polar surface area (TPSA) is 41.1 Å². The fourth-order valence-electron chi connectivity index (χ4n) is 1.29. The van der Waals surface area contributed by atoms with E-state index in [1.165, 1.54) is 6.92 Å². The van der Waals surface area contributed by atoms with Crippen molar-refractivity contribution in [3.8, 4) is 0 Å². The summed E-state index contributed by atoms with van der Waals surface area (Å²) in [6, 6.07) is 5.99. The van der Waals surface area contributed by atoms with E-state index in [1.54, 1.807) is 31.3 Å². The van der Waals surface area contributed by atoms with E-state index in [2.05, 4.69) is 10.6 Å². The van der Waals surface area contributed by atoms with Crippen molar-refractivity contribution in [1.29, 1.82) is 0 Å². The minimum absolute atomic E-state index is 0.162. The lowest BCUT2D eigenvalue weighted by Crippen LogP contribution is -2.31. The third kappa shape index (κ3) is 4.11. The maximum absolute atomic E-state index is 12.2. The Morgan fingerprint density at radius 3 is 2.35 bits per heavy atom. The predicted octanol–water partition coefficient (Wildman–Crippen LogP) is 1.79. The monoisotopic (exact) mass is 242 g/mol. The van der Waals surface area contributed by atoms with Crippen LogP contribution >= 0.6 is 0 Å². The Morgan fingerprint density at radius 1 is 1.29 bits per heavy atom. The molecular formula is C12H16F2N2O. The van der Waals surface area contributed by atoms with Crippen molar-refractivity contribution < 1.29 is 13.6 Å². The summed E-state index contributed by atoms with van der Waals surface area (Å²) in [5.74, 6) is -0.162. The summed E-state index contributed by atoms with van der Waals surface area (Å²) in [6.07, 6.45) is -2.37. The van der Waals surface area contributed by atoms with Gasteiger partial charge in [0.2, 0.25) is 0 Å². The zero-order valence-electron chi connectivity index (χ0n) is 9.84. The molecule has 0 fully saturated rings. The fourth-order valence-corrected chi connectivity index (χ4v) is 1.29. The maximum Gasteiger partial charge on any atom is 0.253 e. The van der Waals surface area contributed by atoms with E-state index in [0.717, 1.165) is 5.56 Å². The van der Waals surface area contributed by atoms with Crippen molar-refractivity contribution in [2.75, 3.05) is 7.05 Å². The summed E-state index contributed by atoms with van der Waals surface area (Å²) < 4.78 is 24.5.